The third kappa shape index (κ3) is 8.75. The van der Waals surface area contributed by atoms with Gasteiger partial charge in [0.05, 0.1) is 24.2 Å². The van der Waals surface area contributed by atoms with Crippen LogP contribution in [0.25, 0.3) is 0 Å². The van der Waals surface area contributed by atoms with E-state index < -0.39 is 27.6 Å². The van der Waals surface area contributed by atoms with Crippen LogP contribution in [0.15, 0.2) is 84.6 Å². The molecule has 0 saturated heterocycles. The fraction of sp³-hybridized carbons (Fsp3) is 0.469. The highest BCUT2D eigenvalue weighted by atomic mass is 32.2. The Morgan fingerprint density at radius 2 is 1.71 bits per heavy atom. The van der Waals surface area contributed by atoms with E-state index in [4.69, 9.17) is 9.84 Å². The van der Waals surface area contributed by atoms with E-state index in [1.54, 1.807) is 6.08 Å². The van der Waals surface area contributed by atoms with E-state index in [0.717, 1.165) is 43.2 Å². The normalized spacial score (nSPS) is 21.9. The van der Waals surface area contributed by atoms with Gasteiger partial charge >= 0.3 is 0 Å². The molecule has 0 aromatic heterocycles. The van der Waals surface area contributed by atoms with Gasteiger partial charge in [-0.15, -0.1) is 0 Å². The molecule has 0 bridgehead atoms. The Morgan fingerprint density at radius 1 is 1.02 bits per heavy atom. The fourth-order valence-electron chi connectivity index (χ4n) is 5.42. The molecular weight excluding hydrogens is 554 g/mol. The van der Waals surface area contributed by atoms with Gasteiger partial charge in [0.1, 0.15) is 0 Å². The summed E-state index contributed by atoms with van der Waals surface area (Å²) in [5, 5.41) is 26.4. The minimum Gasteiger partial charge on any atom is -0.396 e. The summed E-state index contributed by atoms with van der Waals surface area (Å²) in [4.78, 5) is 13.9. The maximum Gasteiger partial charge on any atom is 0.275 e. The highest BCUT2D eigenvalue weighted by Crippen LogP contribution is 2.35. The molecule has 10 heteroatoms. The van der Waals surface area contributed by atoms with Gasteiger partial charge in [-0.1, -0.05) is 92.1 Å². The molecule has 3 atom stereocenters. The summed E-state index contributed by atoms with van der Waals surface area (Å²) in [6.45, 7) is 0.389. The van der Waals surface area contributed by atoms with Gasteiger partial charge in [-0.2, -0.15) is 0 Å². The van der Waals surface area contributed by atoms with E-state index in [-0.39, 0.29) is 43.9 Å². The lowest BCUT2D eigenvalue weighted by Crippen LogP contribution is -2.56. The average Bonchev–Trinajstić information content (AvgIpc) is 3.01. The van der Waals surface area contributed by atoms with E-state index >= 15 is 0 Å². The van der Waals surface area contributed by atoms with Crippen LogP contribution in [0.2, 0.25) is 0 Å². The lowest BCUT2D eigenvalue weighted by Gasteiger charge is -2.38. The molecule has 0 spiro atoms. The Labute approximate surface area is 249 Å². The quantitative estimate of drug-likeness (QED) is 0.156. The van der Waals surface area contributed by atoms with E-state index in [9.17, 15) is 18.3 Å². The Kier molecular flexibility index (Phi) is 11.7. The molecule has 2 aromatic carbocycles. The zero-order valence-electron chi connectivity index (χ0n) is 24.0. The first kappa shape index (κ1) is 31.9. The zero-order chi connectivity index (χ0) is 29.8. The standard InChI is InChI=1S/C32H43N3O6S/c36-20-10-22-42(39,40)35-31(38)32(41-21-19-33-24-29(37)26-13-6-2-7-14-26)18-17-27(25-11-4-1-5-12-25)23-30(32)34-28-15-8-3-9-16-28/h1-2,4-7,11-14,17-18,23,27-29,33-34,36-37H,3,8-10,15-16,19-22,24H2,(H,35,38)/t27?,29-,32?/m0/s1. The number of carbonyl (C=O) groups excluding carboxylic acids is 1. The monoisotopic (exact) mass is 597 g/mol. The van der Waals surface area contributed by atoms with Crippen LogP contribution in [0, 0.1) is 0 Å². The van der Waals surface area contributed by atoms with Crippen LogP contribution in [0.3, 0.4) is 0 Å². The molecule has 228 valence electrons. The Balaban J connectivity index is 1.56. The largest absolute Gasteiger partial charge is 0.396 e. The SMILES string of the molecule is O=C(NS(=O)(=O)CCCO)C1(OCCNC[C@H](O)c2ccccc2)C=CC(c2ccccc2)C=C1NC1CCCCC1. The number of sulfonamides is 1. The summed E-state index contributed by atoms with van der Waals surface area (Å²) < 4.78 is 34.0. The molecule has 4 rings (SSSR count). The molecule has 1 amide bonds. The third-order valence-electron chi connectivity index (χ3n) is 7.72. The lowest BCUT2D eigenvalue weighted by molar-refractivity contribution is -0.136. The molecule has 42 heavy (non-hydrogen) atoms. The van der Waals surface area contributed by atoms with E-state index in [1.807, 2.05) is 72.8 Å². The zero-order valence-corrected chi connectivity index (χ0v) is 24.8. The summed E-state index contributed by atoms with van der Waals surface area (Å²) in [5.74, 6) is -1.32. The molecule has 1 saturated carbocycles. The van der Waals surface area contributed by atoms with Gasteiger partial charge in [0.25, 0.3) is 5.91 Å². The number of ether oxygens (including phenoxy) is 1. The second kappa shape index (κ2) is 15.5. The maximum absolute atomic E-state index is 13.9. The molecule has 2 aromatic rings. The van der Waals surface area contributed by atoms with Gasteiger partial charge in [0, 0.05) is 31.7 Å². The Hall–Kier alpha value is -3.02. The summed E-state index contributed by atoms with van der Waals surface area (Å²) in [6.07, 6.45) is 10.00. The van der Waals surface area contributed by atoms with Crippen LogP contribution in [0.5, 0.6) is 0 Å². The van der Waals surface area contributed by atoms with Crippen LogP contribution in [0.4, 0.5) is 0 Å². The van der Waals surface area contributed by atoms with Crippen molar-refractivity contribution in [3.63, 3.8) is 0 Å². The number of rotatable bonds is 15. The molecule has 2 aliphatic rings. The van der Waals surface area contributed by atoms with E-state index in [2.05, 4.69) is 15.4 Å². The van der Waals surface area contributed by atoms with Gasteiger partial charge in [-0.3, -0.25) is 4.79 Å². The molecule has 2 aliphatic carbocycles. The van der Waals surface area contributed by atoms with E-state index in [0.29, 0.717) is 12.2 Å². The van der Waals surface area contributed by atoms with Crippen LogP contribution in [-0.4, -0.2) is 68.2 Å². The number of amides is 1. The second-order valence-corrected chi connectivity index (χ2v) is 12.7. The number of carbonyl (C=O) groups is 1. The third-order valence-corrected chi connectivity index (χ3v) is 9.04. The number of hydrogen-bond acceptors (Lipinski definition) is 8. The summed E-state index contributed by atoms with van der Waals surface area (Å²) >= 11 is 0. The highest BCUT2D eigenvalue weighted by molar-refractivity contribution is 7.90. The second-order valence-electron chi connectivity index (χ2n) is 10.9. The van der Waals surface area contributed by atoms with Gasteiger partial charge in [-0.25, -0.2) is 13.1 Å². The molecular formula is C32H43N3O6S. The molecule has 1 fully saturated rings. The molecule has 0 heterocycles. The maximum atomic E-state index is 13.9. The van der Waals surface area contributed by atoms with Crippen LogP contribution >= 0.6 is 0 Å². The highest BCUT2D eigenvalue weighted by Gasteiger charge is 2.45. The van der Waals surface area contributed by atoms with Crippen LogP contribution in [-0.2, 0) is 19.6 Å². The van der Waals surface area contributed by atoms with Crippen LogP contribution < -0.4 is 15.4 Å². The first-order chi connectivity index (χ1) is 20.3. The van der Waals surface area contributed by atoms with Crippen molar-refractivity contribution in [1.82, 2.24) is 15.4 Å². The minimum absolute atomic E-state index is 0.0130. The number of allylic oxidation sites excluding steroid dienone is 2. The van der Waals surface area contributed by atoms with Crippen molar-refractivity contribution in [2.24, 2.45) is 0 Å². The van der Waals surface area contributed by atoms with Crippen molar-refractivity contribution in [1.29, 1.82) is 0 Å². The van der Waals surface area contributed by atoms with Crippen molar-refractivity contribution in [2.75, 3.05) is 32.1 Å². The van der Waals surface area contributed by atoms with Crippen molar-refractivity contribution in [2.45, 2.75) is 62.2 Å². The summed E-state index contributed by atoms with van der Waals surface area (Å²) in [5.41, 5.74) is 0.649. The van der Waals surface area contributed by atoms with Gasteiger partial charge in [0.15, 0.2) is 0 Å². The number of hydrogen-bond donors (Lipinski definition) is 5. The van der Waals surface area contributed by atoms with Crippen molar-refractivity contribution >= 4 is 15.9 Å². The average molecular weight is 598 g/mol. The predicted octanol–water partition coefficient (Wildman–Crippen LogP) is 3.05. The topological polar surface area (TPSA) is 137 Å². The van der Waals surface area contributed by atoms with Crippen molar-refractivity contribution in [3.8, 4) is 0 Å². The molecule has 2 unspecified atom stereocenters. The number of benzene rings is 2. The first-order valence-corrected chi connectivity index (χ1v) is 16.4. The molecule has 0 aliphatic heterocycles. The summed E-state index contributed by atoms with van der Waals surface area (Å²) in [7, 11) is -4.01. The van der Waals surface area contributed by atoms with Crippen LogP contribution in [0.1, 0.15) is 61.7 Å². The van der Waals surface area contributed by atoms with Gasteiger partial charge < -0.3 is 25.6 Å². The Bertz CT molecular complexity index is 1300. The van der Waals surface area contributed by atoms with Gasteiger partial charge in [0.2, 0.25) is 15.6 Å². The smallest absolute Gasteiger partial charge is 0.275 e. The minimum atomic E-state index is -4.01. The Morgan fingerprint density at radius 3 is 2.40 bits per heavy atom. The van der Waals surface area contributed by atoms with Crippen molar-refractivity contribution in [3.05, 3.63) is 95.7 Å². The molecule has 9 nitrogen and oxygen atoms in total. The number of nitrogens with one attached hydrogen (secondary N) is 3. The first-order valence-electron chi connectivity index (χ1n) is 14.8. The molecule has 0 radical (unpaired) electrons. The lowest BCUT2D eigenvalue weighted by atomic mass is 9.83. The molecule has 5 N–H and O–H groups in total. The fourth-order valence-corrected chi connectivity index (χ4v) is 6.47. The van der Waals surface area contributed by atoms with Crippen molar-refractivity contribution < 1.29 is 28.2 Å². The summed E-state index contributed by atoms with van der Waals surface area (Å²) in [6, 6.07) is 19.3. The van der Waals surface area contributed by atoms with Gasteiger partial charge in [-0.05, 0) is 36.5 Å². The number of aliphatic hydroxyl groups is 2. The number of aliphatic hydroxyl groups excluding tert-OH is 2. The predicted molar refractivity (Wildman–Crippen MR) is 163 cm³/mol. The van der Waals surface area contributed by atoms with E-state index in [1.165, 1.54) is 0 Å².